The van der Waals surface area contributed by atoms with Crippen LogP contribution in [0.15, 0.2) is 35.9 Å². The molecule has 0 aliphatic heterocycles. The summed E-state index contributed by atoms with van der Waals surface area (Å²) in [5, 5.41) is 0. The second kappa shape index (κ2) is 5.08. The van der Waals surface area contributed by atoms with Crippen molar-refractivity contribution in [3.05, 3.63) is 41.5 Å². The van der Waals surface area contributed by atoms with E-state index in [1.165, 1.54) is 12.1 Å². The van der Waals surface area contributed by atoms with Crippen LogP contribution >= 0.6 is 0 Å². The number of ketones is 1. The number of carbonyl (C=O) groups excluding carboxylic acids is 1. The van der Waals surface area contributed by atoms with Crippen molar-refractivity contribution in [3.63, 3.8) is 0 Å². The van der Waals surface area contributed by atoms with E-state index in [2.05, 4.69) is 4.74 Å². The quantitative estimate of drug-likeness (QED) is 0.749. The zero-order valence-electron chi connectivity index (χ0n) is 9.16. The van der Waals surface area contributed by atoms with Crippen LogP contribution < -0.4 is 4.74 Å². The van der Waals surface area contributed by atoms with Gasteiger partial charge in [-0.3, -0.25) is 4.79 Å². The van der Waals surface area contributed by atoms with E-state index in [1.807, 2.05) is 6.08 Å². The second-order valence-electron chi connectivity index (χ2n) is 3.86. The van der Waals surface area contributed by atoms with E-state index >= 15 is 0 Å². The van der Waals surface area contributed by atoms with Gasteiger partial charge in [-0.1, -0.05) is 18.2 Å². The van der Waals surface area contributed by atoms with Gasteiger partial charge >= 0.3 is 6.61 Å². The molecular formula is C13H12F2O2. The maximum atomic E-state index is 12.0. The van der Waals surface area contributed by atoms with Crippen LogP contribution in [0, 0.1) is 0 Å². The van der Waals surface area contributed by atoms with Gasteiger partial charge in [0, 0.05) is 5.56 Å². The van der Waals surface area contributed by atoms with Gasteiger partial charge in [-0.15, -0.1) is 0 Å². The number of rotatable bonds is 4. The minimum absolute atomic E-state index is 0.0180. The highest BCUT2D eigenvalue weighted by Gasteiger charge is 2.16. The molecule has 1 aliphatic carbocycles. The highest BCUT2D eigenvalue weighted by atomic mass is 19.3. The van der Waals surface area contributed by atoms with Crippen LogP contribution in [0.3, 0.4) is 0 Å². The van der Waals surface area contributed by atoms with Crippen LogP contribution in [-0.4, -0.2) is 12.4 Å². The molecule has 90 valence electrons. The van der Waals surface area contributed by atoms with Crippen LogP contribution in [0.2, 0.25) is 0 Å². The van der Waals surface area contributed by atoms with Crippen molar-refractivity contribution in [1.82, 2.24) is 0 Å². The van der Waals surface area contributed by atoms with Crippen molar-refractivity contribution in [2.75, 3.05) is 0 Å². The molecular weight excluding hydrogens is 226 g/mol. The van der Waals surface area contributed by atoms with Crippen molar-refractivity contribution in [2.45, 2.75) is 25.9 Å². The first-order chi connectivity index (χ1) is 8.16. The van der Waals surface area contributed by atoms with Crippen molar-refractivity contribution in [1.29, 1.82) is 0 Å². The Morgan fingerprint density at radius 2 is 2.18 bits per heavy atom. The third kappa shape index (κ3) is 2.90. The minimum Gasteiger partial charge on any atom is -0.435 e. The zero-order valence-corrected chi connectivity index (χ0v) is 9.16. The molecule has 0 bridgehead atoms. The Hall–Kier alpha value is -1.71. The fourth-order valence-corrected chi connectivity index (χ4v) is 1.88. The molecule has 1 aliphatic rings. The maximum absolute atomic E-state index is 12.0. The van der Waals surface area contributed by atoms with Crippen LogP contribution in [0.5, 0.6) is 5.75 Å². The number of allylic oxidation sites excluding steroid dienone is 2. The molecule has 17 heavy (non-hydrogen) atoms. The van der Waals surface area contributed by atoms with E-state index in [-0.39, 0.29) is 11.5 Å². The molecule has 0 unspecified atom stereocenters. The summed E-state index contributed by atoms with van der Waals surface area (Å²) in [6, 6.07) is 5.92. The topological polar surface area (TPSA) is 26.3 Å². The zero-order chi connectivity index (χ0) is 12.3. The van der Waals surface area contributed by atoms with Gasteiger partial charge < -0.3 is 4.74 Å². The summed E-state index contributed by atoms with van der Waals surface area (Å²) in [6.07, 6.45) is 4.56. The summed E-state index contributed by atoms with van der Waals surface area (Å²) < 4.78 is 28.3. The number of benzene rings is 1. The lowest BCUT2D eigenvalue weighted by molar-refractivity contribution is -0.0498. The Morgan fingerprint density at radius 3 is 2.82 bits per heavy atom. The van der Waals surface area contributed by atoms with Crippen molar-refractivity contribution in [2.24, 2.45) is 0 Å². The highest BCUT2D eigenvalue weighted by molar-refractivity contribution is 6.09. The molecule has 0 heterocycles. The molecule has 0 atom stereocenters. The van der Waals surface area contributed by atoms with Gasteiger partial charge in [0.2, 0.25) is 0 Å². The van der Waals surface area contributed by atoms with Crippen LogP contribution in [0.25, 0.3) is 0 Å². The number of ether oxygens (including phenoxy) is 1. The molecule has 0 amide bonds. The first-order valence-electron chi connectivity index (χ1n) is 5.45. The number of hydrogen-bond acceptors (Lipinski definition) is 2. The molecule has 0 saturated carbocycles. The molecule has 0 fully saturated rings. The highest BCUT2D eigenvalue weighted by Crippen LogP contribution is 2.24. The predicted octanol–water partition coefficient (Wildman–Crippen LogP) is 3.58. The number of Topliss-reactive ketones (excluding diaryl/α,β-unsaturated/α-hetero) is 1. The maximum Gasteiger partial charge on any atom is 0.387 e. The SMILES string of the molecule is O=C(C1=CCCC1)c1cccc(OC(F)F)c1. The summed E-state index contributed by atoms with van der Waals surface area (Å²) in [5.74, 6) is -0.0772. The Balaban J connectivity index is 2.18. The van der Waals surface area contributed by atoms with Gasteiger partial charge in [-0.05, 0) is 37.0 Å². The molecule has 2 rings (SSSR count). The van der Waals surface area contributed by atoms with Crippen molar-refractivity contribution < 1.29 is 18.3 Å². The second-order valence-corrected chi connectivity index (χ2v) is 3.86. The molecule has 1 aromatic carbocycles. The fraction of sp³-hybridized carbons (Fsp3) is 0.308. The normalized spacial score (nSPS) is 14.9. The molecule has 1 aromatic rings. The van der Waals surface area contributed by atoms with Crippen molar-refractivity contribution in [3.8, 4) is 5.75 Å². The smallest absolute Gasteiger partial charge is 0.387 e. The van der Waals surface area contributed by atoms with E-state index in [0.717, 1.165) is 24.8 Å². The Morgan fingerprint density at radius 1 is 1.35 bits per heavy atom. The first-order valence-corrected chi connectivity index (χ1v) is 5.45. The lowest BCUT2D eigenvalue weighted by Crippen LogP contribution is -2.05. The average Bonchev–Trinajstić information content (AvgIpc) is 2.81. The predicted molar refractivity (Wildman–Crippen MR) is 59.3 cm³/mol. The molecule has 0 saturated heterocycles. The van der Waals surface area contributed by atoms with E-state index in [9.17, 15) is 13.6 Å². The first kappa shape index (κ1) is 11.8. The molecule has 0 N–H and O–H groups in total. The summed E-state index contributed by atoms with van der Waals surface area (Å²) in [7, 11) is 0. The van der Waals surface area contributed by atoms with Crippen molar-refractivity contribution >= 4 is 5.78 Å². The summed E-state index contributed by atoms with van der Waals surface area (Å²) in [5.41, 5.74) is 1.16. The van der Waals surface area contributed by atoms with E-state index in [4.69, 9.17) is 0 Å². The number of carbonyl (C=O) groups is 1. The van der Waals surface area contributed by atoms with Gasteiger partial charge in [0.1, 0.15) is 5.75 Å². The number of halogens is 2. The summed E-state index contributed by atoms with van der Waals surface area (Å²) >= 11 is 0. The van der Waals surface area contributed by atoms with E-state index in [0.29, 0.717) is 5.56 Å². The van der Waals surface area contributed by atoms with Gasteiger partial charge in [0.25, 0.3) is 0 Å². The monoisotopic (exact) mass is 238 g/mol. The number of hydrogen-bond donors (Lipinski definition) is 0. The molecule has 4 heteroatoms. The van der Waals surface area contributed by atoms with Gasteiger partial charge in [0.15, 0.2) is 5.78 Å². The molecule has 0 spiro atoms. The van der Waals surface area contributed by atoms with Gasteiger partial charge in [-0.2, -0.15) is 8.78 Å². The van der Waals surface area contributed by atoms with Gasteiger partial charge in [-0.25, -0.2) is 0 Å². The largest absolute Gasteiger partial charge is 0.435 e. The summed E-state index contributed by atoms with van der Waals surface area (Å²) in [6.45, 7) is -2.87. The molecule has 0 aromatic heterocycles. The molecule has 2 nitrogen and oxygen atoms in total. The lowest BCUT2D eigenvalue weighted by Gasteiger charge is -2.06. The molecule has 0 radical (unpaired) electrons. The lowest BCUT2D eigenvalue weighted by atomic mass is 10.0. The standard InChI is InChI=1S/C13H12F2O2/c14-13(15)17-11-7-3-6-10(8-11)12(16)9-4-1-2-5-9/h3-4,6-8,13H,1-2,5H2. The fourth-order valence-electron chi connectivity index (χ4n) is 1.88. The Kier molecular flexibility index (Phi) is 3.52. The van der Waals surface area contributed by atoms with E-state index < -0.39 is 6.61 Å². The van der Waals surface area contributed by atoms with Crippen LogP contribution in [0.4, 0.5) is 8.78 Å². The summed E-state index contributed by atoms with van der Waals surface area (Å²) in [4.78, 5) is 12.0. The number of alkyl halides is 2. The average molecular weight is 238 g/mol. The third-order valence-corrected chi connectivity index (χ3v) is 2.65. The van der Waals surface area contributed by atoms with Crippen LogP contribution in [-0.2, 0) is 0 Å². The van der Waals surface area contributed by atoms with E-state index in [1.54, 1.807) is 12.1 Å². The third-order valence-electron chi connectivity index (χ3n) is 2.65. The Labute approximate surface area is 97.9 Å². The Bertz CT molecular complexity index is 452. The van der Waals surface area contributed by atoms with Gasteiger partial charge in [0.05, 0.1) is 0 Å². The minimum atomic E-state index is -2.87. The van der Waals surface area contributed by atoms with Crippen LogP contribution in [0.1, 0.15) is 29.6 Å².